The van der Waals surface area contributed by atoms with Gasteiger partial charge in [0.15, 0.2) is 0 Å². The number of amides is 1. The molecule has 0 aliphatic carbocycles. The van der Waals surface area contributed by atoms with Crippen molar-refractivity contribution in [3.8, 4) is 0 Å². The summed E-state index contributed by atoms with van der Waals surface area (Å²) in [5.74, 6) is -0.160. The molecule has 0 heterocycles. The summed E-state index contributed by atoms with van der Waals surface area (Å²) in [7, 11) is 0. The lowest BCUT2D eigenvalue weighted by Crippen LogP contribution is -2.27. The van der Waals surface area contributed by atoms with Crippen molar-refractivity contribution in [1.29, 1.82) is 0 Å². The van der Waals surface area contributed by atoms with Crippen molar-refractivity contribution in [3.05, 3.63) is 63.7 Å². The largest absolute Gasteiger partial charge is 0.398 e. The molecule has 0 aliphatic rings. The smallest absolute Gasteiger partial charge is 0.251 e. The second kappa shape index (κ2) is 6.19. The van der Waals surface area contributed by atoms with Gasteiger partial charge in [0.1, 0.15) is 0 Å². The van der Waals surface area contributed by atoms with Crippen LogP contribution in [0.5, 0.6) is 0 Å². The van der Waals surface area contributed by atoms with Crippen molar-refractivity contribution in [1.82, 2.24) is 5.32 Å². The maximum Gasteiger partial charge on any atom is 0.251 e. The summed E-state index contributed by atoms with van der Waals surface area (Å²) in [6.07, 6.45) is 0. The molecule has 110 valence electrons. The average molecular weight is 303 g/mol. The lowest BCUT2D eigenvalue weighted by Gasteiger charge is -2.17. The molecule has 1 amide bonds. The number of nitrogens with one attached hydrogen (secondary N) is 1. The maximum atomic E-state index is 12.3. The minimum Gasteiger partial charge on any atom is -0.398 e. The van der Waals surface area contributed by atoms with Crippen LogP contribution in [0.4, 0.5) is 5.69 Å². The van der Waals surface area contributed by atoms with Gasteiger partial charge in [-0.15, -0.1) is 0 Å². The van der Waals surface area contributed by atoms with E-state index in [1.54, 1.807) is 18.2 Å². The molecule has 1 unspecified atom stereocenters. The van der Waals surface area contributed by atoms with Crippen LogP contribution in [-0.4, -0.2) is 5.91 Å². The first-order valence-electron chi connectivity index (χ1n) is 6.81. The third-order valence-corrected chi connectivity index (χ3v) is 3.85. The number of benzene rings is 2. The minimum atomic E-state index is -0.160. The first-order chi connectivity index (χ1) is 9.88. The molecule has 2 aromatic carbocycles. The lowest BCUT2D eigenvalue weighted by molar-refractivity contribution is 0.0940. The first kappa shape index (κ1) is 15.4. The Labute approximate surface area is 130 Å². The van der Waals surface area contributed by atoms with E-state index in [9.17, 15) is 4.79 Å². The number of hydrogen-bond donors (Lipinski definition) is 2. The minimum absolute atomic E-state index is 0.0747. The third-order valence-electron chi connectivity index (χ3n) is 3.51. The zero-order chi connectivity index (χ0) is 15.6. The molecule has 3 nitrogen and oxygen atoms in total. The molecule has 0 fully saturated rings. The topological polar surface area (TPSA) is 55.1 Å². The van der Waals surface area contributed by atoms with Gasteiger partial charge in [0, 0.05) is 5.56 Å². The van der Waals surface area contributed by atoms with Crippen LogP contribution >= 0.6 is 11.6 Å². The summed E-state index contributed by atoms with van der Waals surface area (Å²) in [5, 5.41) is 3.44. The molecule has 0 bridgehead atoms. The van der Waals surface area contributed by atoms with E-state index in [2.05, 4.69) is 23.5 Å². The second-order valence-electron chi connectivity index (χ2n) is 5.29. The highest BCUT2D eigenvalue weighted by Gasteiger charge is 2.14. The van der Waals surface area contributed by atoms with Crippen molar-refractivity contribution >= 4 is 23.2 Å². The summed E-state index contributed by atoms with van der Waals surface area (Å²) in [6.45, 7) is 6.05. The standard InChI is InChI=1S/C17H19ClN2O/c1-10-4-5-11(2)14(8-10)12(3)20-17(21)13-6-7-15(18)16(19)9-13/h4-9,12H,19H2,1-3H3,(H,20,21). The molecule has 4 heteroatoms. The van der Waals surface area contributed by atoms with Gasteiger partial charge in [-0.05, 0) is 50.1 Å². The van der Waals surface area contributed by atoms with Gasteiger partial charge in [-0.3, -0.25) is 4.79 Å². The predicted molar refractivity (Wildman–Crippen MR) is 87.7 cm³/mol. The number of carbonyl (C=O) groups is 1. The number of nitrogens with two attached hydrogens (primary N) is 1. The molecule has 0 spiro atoms. The van der Waals surface area contributed by atoms with Gasteiger partial charge in [0.2, 0.25) is 0 Å². The fourth-order valence-corrected chi connectivity index (χ4v) is 2.39. The molecule has 21 heavy (non-hydrogen) atoms. The average Bonchev–Trinajstić information content (AvgIpc) is 2.44. The van der Waals surface area contributed by atoms with Gasteiger partial charge in [0.25, 0.3) is 5.91 Å². The summed E-state index contributed by atoms with van der Waals surface area (Å²) in [5.41, 5.74) is 10.1. The molecule has 0 saturated carbocycles. The number of nitrogen functional groups attached to an aromatic ring is 1. The Hall–Kier alpha value is -2.00. The van der Waals surface area contributed by atoms with E-state index < -0.39 is 0 Å². The molecule has 0 aliphatic heterocycles. The van der Waals surface area contributed by atoms with Crippen LogP contribution in [0.1, 0.15) is 40.0 Å². The quantitative estimate of drug-likeness (QED) is 0.841. The number of hydrogen-bond acceptors (Lipinski definition) is 2. The van der Waals surface area contributed by atoms with E-state index in [-0.39, 0.29) is 11.9 Å². The van der Waals surface area contributed by atoms with E-state index in [1.807, 2.05) is 20.8 Å². The second-order valence-corrected chi connectivity index (χ2v) is 5.70. The normalized spacial score (nSPS) is 12.0. The van der Waals surface area contributed by atoms with Gasteiger partial charge in [-0.25, -0.2) is 0 Å². The van der Waals surface area contributed by atoms with E-state index in [4.69, 9.17) is 17.3 Å². The number of rotatable bonds is 3. The molecule has 2 aromatic rings. The highest BCUT2D eigenvalue weighted by atomic mass is 35.5. The van der Waals surface area contributed by atoms with E-state index in [0.29, 0.717) is 16.3 Å². The van der Waals surface area contributed by atoms with E-state index in [1.165, 1.54) is 5.56 Å². The van der Waals surface area contributed by atoms with Crippen LogP contribution in [0.25, 0.3) is 0 Å². The SMILES string of the molecule is Cc1ccc(C)c(C(C)NC(=O)c2ccc(Cl)c(N)c2)c1. The molecule has 2 rings (SSSR count). The van der Waals surface area contributed by atoms with Crippen LogP contribution in [-0.2, 0) is 0 Å². The zero-order valence-corrected chi connectivity index (χ0v) is 13.2. The summed E-state index contributed by atoms with van der Waals surface area (Å²) < 4.78 is 0. The number of anilines is 1. The van der Waals surface area contributed by atoms with Crippen molar-refractivity contribution in [2.24, 2.45) is 0 Å². The molecule has 1 atom stereocenters. The van der Waals surface area contributed by atoms with Crippen molar-refractivity contribution < 1.29 is 4.79 Å². The molecule has 3 N–H and O–H groups in total. The van der Waals surface area contributed by atoms with Gasteiger partial charge < -0.3 is 11.1 Å². The van der Waals surface area contributed by atoms with Gasteiger partial charge in [-0.1, -0.05) is 35.4 Å². The monoisotopic (exact) mass is 302 g/mol. The molecule has 0 radical (unpaired) electrons. The highest BCUT2D eigenvalue weighted by molar-refractivity contribution is 6.33. The molecule has 0 saturated heterocycles. The first-order valence-corrected chi connectivity index (χ1v) is 7.19. The fraction of sp³-hybridized carbons (Fsp3) is 0.235. The Bertz CT molecular complexity index is 682. The Morgan fingerprint density at radius 1 is 1.19 bits per heavy atom. The number of halogens is 1. The van der Waals surface area contributed by atoms with Gasteiger partial charge in [0.05, 0.1) is 16.8 Å². The lowest BCUT2D eigenvalue weighted by atomic mass is 9.99. The van der Waals surface area contributed by atoms with Crippen LogP contribution < -0.4 is 11.1 Å². The van der Waals surface area contributed by atoms with Crippen molar-refractivity contribution in [3.63, 3.8) is 0 Å². The van der Waals surface area contributed by atoms with Crippen LogP contribution in [0.2, 0.25) is 5.02 Å². The van der Waals surface area contributed by atoms with Crippen LogP contribution in [0, 0.1) is 13.8 Å². The Balaban J connectivity index is 2.18. The summed E-state index contributed by atoms with van der Waals surface area (Å²) in [4.78, 5) is 12.3. The molecule has 0 aromatic heterocycles. The Morgan fingerprint density at radius 3 is 2.57 bits per heavy atom. The number of aryl methyl sites for hydroxylation is 2. The predicted octanol–water partition coefficient (Wildman–Crippen LogP) is 4.03. The third kappa shape index (κ3) is 3.56. The molecular formula is C17H19ClN2O. The summed E-state index contributed by atoms with van der Waals surface area (Å²) >= 11 is 5.87. The fourth-order valence-electron chi connectivity index (χ4n) is 2.27. The zero-order valence-electron chi connectivity index (χ0n) is 12.4. The van der Waals surface area contributed by atoms with Crippen molar-refractivity contribution in [2.45, 2.75) is 26.8 Å². The maximum absolute atomic E-state index is 12.3. The van der Waals surface area contributed by atoms with Crippen LogP contribution in [0.3, 0.4) is 0 Å². The van der Waals surface area contributed by atoms with Crippen LogP contribution in [0.15, 0.2) is 36.4 Å². The highest BCUT2D eigenvalue weighted by Crippen LogP contribution is 2.22. The number of carbonyl (C=O) groups excluding carboxylic acids is 1. The van der Waals surface area contributed by atoms with E-state index in [0.717, 1.165) is 11.1 Å². The Kier molecular flexibility index (Phi) is 4.53. The van der Waals surface area contributed by atoms with E-state index >= 15 is 0 Å². The van der Waals surface area contributed by atoms with Gasteiger partial charge in [-0.2, -0.15) is 0 Å². The van der Waals surface area contributed by atoms with Gasteiger partial charge >= 0.3 is 0 Å². The molecular weight excluding hydrogens is 284 g/mol. The van der Waals surface area contributed by atoms with Crippen molar-refractivity contribution in [2.75, 3.05) is 5.73 Å². The summed E-state index contributed by atoms with van der Waals surface area (Å²) in [6, 6.07) is 11.0. The Morgan fingerprint density at radius 2 is 1.90 bits per heavy atom.